The average molecular weight is 369 g/mol. The Labute approximate surface area is 157 Å². The molecule has 0 spiro atoms. The van der Waals surface area contributed by atoms with Gasteiger partial charge in [-0.05, 0) is 44.9 Å². The third-order valence-electron chi connectivity index (χ3n) is 4.43. The summed E-state index contributed by atoms with van der Waals surface area (Å²) in [6.45, 7) is 9.11. The van der Waals surface area contributed by atoms with Crippen LogP contribution in [0.2, 0.25) is 0 Å². The monoisotopic (exact) mass is 369 g/mol. The normalized spacial score (nSPS) is 11.1. The van der Waals surface area contributed by atoms with E-state index >= 15 is 0 Å². The fourth-order valence-corrected chi connectivity index (χ4v) is 3.69. The Bertz CT molecular complexity index is 927. The van der Waals surface area contributed by atoms with Crippen LogP contribution >= 0.6 is 11.8 Å². The van der Waals surface area contributed by atoms with Crippen LogP contribution in [0.4, 0.5) is 0 Å². The van der Waals surface area contributed by atoms with Crippen LogP contribution in [0, 0.1) is 20.8 Å². The predicted octanol–water partition coefficient (Wildman–Crippen LogP) is 4.85. The number of aryl methyl sites for hydroxylation is 2. The molecule has 3 aromatic rings. The minimum Gasteiger partial charge on any atom is -0.411 e. The topological polar surface area (TPSA) is 60.9 Å². The summed E-state index contributed by atoms with van der Waals surface area (Å²) in [6.07, 6.45) is 1.04. The third kappa shape index (κ3) is 3.75. The average Bonchev–Trinajstić information content (AvgIpc) is 3.20. The molecule has 0 radical (unpaired) electrons. The molecule has 26 heavy (non-hydrogen) atoms. The van der Waals surface area contributed by atoms with Crippen LogP contribution in [0.25, 0.3) is 11.5 Å². The molecule has 0 aliphatic carbocycles. The number of thioether (sulfide) groups is 1. The molecule has 3 rings (SSSR count). The van der Waals surface area contributed by atoms with Gasteiger partial charge in [-0.25, -0.2) is 0 Å². The summed E-state index contributed by atoms with van der Waals surface area (Å²) < 4.78 is 7.91. The molecule has 2 heterocycles. The number of aromatic nitrogens is 3. The van der Waals surface area contributed by atoms with E-state index in [-0.39, 0.29) is 11.5 Å². The molecule has 0 unspecified atom stereocenters. The molecule has 0 fully saturated rings. The van der Waals surface area contributed by atoms with Crippen LogP contribution in [0.5, 0.6) is 0 Å². The van der Waals surface area contributed by atoms with Gasteiger partial charge in [0.1, 0.15) is 0 Å². The quantitative estimate of drug-likeness (QED) is 0.440. The maximum Gasteiger partial charge on any atom is 0.277 e. The first-order valence-corrected chi connectivity index (χ1v) is 9.72. The van der Waals surface area contributed by atoms with Crippen LogP contribution < -0.4 is 0 Å². The standard InChI is InChI=1S/C20H23N3O2S/c1-5-10-23-14(3)11-17(15(23)4)18(24)12-26-20-22-21-19(25-20)16-9-7-6-8-13(16)2/h6-9,11H,5,10,12H2,1-4H3. The minimum atomic E-state index is 0.0843. The van der Waals surface area contributed by atoms with Crippen molar-refractivity contribution in [1.29, 1.82) is 0 Å². The van der Waals surface area contributed by atoms with Gasteiger partial charge in [0.05, 0.1) is 5.75 Å². The smallest absolute Gasteiger partial charge is 0.277 e. The van der Waals surface area contributed by atoms with E-state index in [4.69, 9.17) is 4.42 Å². The number of carbonyl (C=O) groups is 1. The van der Waals surface area contributed by atoms with Crippen molar-refractivity contribution >= 4 is 17.5 Å². The molecule has 0 bridgehead atoms. The molecule has 0 N–H and O–H groups in total. The first kappa shape index (κ1) is 18.5. The number of hydrogen-bond donors (Lipinski definition) is 0. The first-order chi connectivity index (χ1) is 12.5. The van der Waals surface area contributed by atoms with Crippen molar-refractivity contribution in [3.63, 3.8) is 0 Å². The lowest BCUT2D eigenvalue weighted by Crippen LogP contribution is -2.06. The zero-order valence-electron chi connectivity index (χ0n) is 15.6. The summed E-state index contributed by atoms with van der Waals surface area (Å²) >= 11 is 1.28. The zero-order valence-corrected chi connectivity index (χ0v) is 16.4. The first-order valence-electron chi connectivity index (χ1n) is 8.73. The number of hydrogen-bond acceptors (Lipinski definition) is 5. The Hall–Kier alpha value is -2.34. The van der Waals surface area contributed by atoms with Gasteiger partial charge in [-0.1, -0.05) is 36.9 Å². The second-order valence-electron chi connectivity index (χ2n) is 6.34. The van der Waals surface area contributed by atoms with E-state index in [0.717, 1.165) is 41.0 Å². The summed E-state index contributed by atoms with van der Waals surface area (Å²) in [5.74, 6) is 0.853. The number of benzene rings is 1. The number of carbonyl (C=O) groups excluding carboxylic acids is 1. The minimum absolute atomic E-state index is 0.0843. The molecule has 6 heteroatoms. The molecule has 0 saturated carbocycles. The van der Waals surface area contributed by atoms with E-state index in [1.165, 1.54) is 11.8 Å². The van der Waals surface area contributed by atoms with Crippen molar-refractivity contribution in [3.05, 3.63) is 52.8 Å². The SMILES string of the molecule is CCCn1c(C)cc(C(=O)CSc2nnc(-c3ccccc3C)o2)c1C. The summed E-state index contributed by atoms with van der Waals surface area (Å²) in [7, 11) is 0. The summed E-state index contributed by atoms with van der Waals surface area (Å²) in [6, 6.07) is 9.83. The van der Waals surface area contributed by atoms with Gasteiger partial charge in [-0.2, -0.15) is 0 Å². The molecule has 1 aromatic carbocycles. The maximum atomic E-state index is 12.6. The molecule has 0 atom stereocenters. The molecule has 0 aliphatic heterocycles. The van der Waals surface area contributed by atoms with E-state index in [1.54, 1.807) is 0 Å². The van der Waals surface area contributed by atoms with Crippen molar-refractivity contribution in [1.82, 2.24) is 14.8 Å². The Kier molecular flexibility index (Phi) is 5.61. The number of Topliss-reactive ketones (excluding diaryl/α,β-unsaturated/α-hetero) is 1. The molecular formula is C20H23N3O2S. The molecule has 2 aromatic heterocycles. The van der Waals surface area contributed by atoms with Gasteiger partial charge < -0.3 is 8.98 Å². The van der Waals surface area contributed by atoms with Crippen molar-refractivity contribution in [2.75, 3.05) is 5.75 Å². The lowest BCUT2D eigenvalue weighted by molar-refractivity contribution is 0.102. The Morgan fingerprint density at radius 2 is 1.96 bits per heavy atom. The largest absolute Gasteiger partial charge is 0.411 e. The maximum absolute atomic E-state index is 12.6. The highest BCUT2D eigenvalue weighted by atomic mass is 32.2. The number of nitrogens with zero attached hydrogens (tertiary/aromatic N) is 3. The molecular weight excluding hydrogens is 346 g/mol. The molecule has 136 valence electrons. The Balaban J connectivity index is 1.69. The highest BCUT2D eigenvalue weighted by Gasteiger charge is 2.17. The number of rotatable bonds is 7. The fourth-order valence-electron chi connectivity index (χ4n) is 3.05. The lowest BCUT2D eigenvalue weighted by Gasteiger charge is -2.07. The van der Waals surface area contributed by atoms with Crippen LogP contribution in [0.1, 0.15) is 40.7 Å². The molecule has 0 aliphatic rings. The summed E-state index contributed by atoms with van der Waals surface area (Å²) in [4.78, 5) is 12.6. The number of ketones is 1. The fraction of sp³-hybridized carbons (Fsp3) is 0.350. The van der Waals surface area contributed by atoms with E-state index in [9.17, 15) is 4.79 Å². The van der Waals surface area contributed by atoms with Crippen molar-refractivity contribution in [2.45, 2.75) is 45.9 Å². The lowest BCUT2D eigenvalue weighted by atomic mass is 10.1. The van der Waals surface area contributed by atoms with Gasteiger partial charge in [0.25, 0.3) is 5.22 Å². The van der Waals surface area contributed by atoms with Gasteiger partial charge in [0.15, 0.2) is 5.78 Å². The van der Waals surface area contributed by atoms with Gasteiger partial charge in [-0.3, -0.25) is 4.79 Å². The van der Waals surface area contributed by atoms with Crippen molar-refractivity contribution in [2.24, 2.45) is 0 Å². The van der Waals surface area contributed by atoms with Crippen LogP contribution in [0.15, 0.2) is 40.0 Å². The van der Waals surface area contributed by atoms with Crippen LogP contribution in [0.3, 0.4) is 0 Å². The summed E-state index contributed by atoms with van der Waals surface area (Å²) in [5.41, 5.74) is 4.92. The molecule has 5 nitrogen and oxygen atoms in total. The van der Waals surface area contributed by atoms with E-state index in [0.29, 0.717) is 11.1 Å². The van der Waals surface area contributed by atoms with E-state index < -0.39 is 0 Å². The summed E-state index contributed by atoms with van der Waals surface area (Å²) in [5, 5.41) is 8.58. The van der Waals surface area contributed by atoms with Crippen molar-refractivity contribution in [3.8, 4) is 11.5 Å². The van der Waals surface area contributed by atoms with Gasteiger partial charge in [0.2, 0.25) is 5.89 Å². The van der Waals surface area contributed by atoms with Crippen LogP contribution in [-0.4, -0.2) is 26.3 Å². The van der Waals surface area contributed by atoms with Gasteiger partial charge in [-0.15, -0.1) is 10.2 Å². The third-order valence-corrected chi connectivity index (χ3v) is 5.25. The second kappa shape index (κ2) is 7.91. The molecule has 0 saturated heterocycles. The van der Waals surface area contributed by atoms with E-state index in [1.807, 2.05) is 51.1 Å². The highest BCUT2D eigenvalue weighted by Crippen LogP contribution is 2.26. The van der Waals surface area contributed by atoms with Gasteiger partial charge in [0, 0.05) is 29.1 Å². The van der Waals surface area contributed by atoms with Crippen molar-refractivity contribution < 1.29 is 9.21 Å². The zero-order chi connectivity index (χ0) is 18.7. The van der Waals surface area contributed by atoms with E-state index in [2.05, 4.69) is 21.7 Å². The molecule has 0 amide bonds. The Morgan fingerprint density at radius 1 is 1.19 bits per heavy atom. The van der Waals surface area contributed by atoms with Gasteiger partial charge >= 0.3 is 0 Å². The van der Waals surface area contributed by atoms with Crippen LogP contribution in [-0.2, 0) is 6.54 Å². The Morgan fingerprint density at radius 3 is 2.69 bits per heavy atom. The predicted molar refractivity (Wildman–Crippen MR) is 104 cm³/mol. The highest BCUT2D eigenvalue weighted by molar-refractivity contribution is 7.99. The second-order valence-corrected chi connectivity index (χ2v) is 7.26.